The average molecular weight is 687 g/mol. The molecule has 9 heteroatoms. The lowest BCUT2D eigenvalue weighted by molar-refractivity contribution is -0.162. The zero-order chi connectivity index (χ0) is 34.7. The number of hydrogen-bond acceptors (Lipinski definition) is 9. The van der Waals surface area contributed by atoms with Crippen LogP contribution in [0.1, 0.15) is 74.6 Å². The zero-order valence-corrected chi connectivity index (χ0v) is 29.6. The Labute approximate surface area is 298 Å². The molecule has 0 unspecified atom stereocenters. The van der Waals surface area contributed by atoms with Gasteiger partial charge in [-0.1, -0.05) is 49.4 Å². The monoisotopic (exact) mass is 686 g/mol. The minimum atomic E-state index is -0.475. The van der Waals surface area contributed by atoms with Crippen LogP contribution in [0.15, 0.2) is 72.0 Å². The normalized spacial score (nSPS) is 41.5. The van der Waals surface area contributed by atoms with Gasteiger partial charge in [-0.2, -0.15) is 0 Å². The molecule has 4 spiro atoms. The van der Waals surface area contributed by atoms with Crippen LogP contribution in [0, 0.1) is 16.7 Å². The highest BCUT2D eigenvalue weighted by molar-refractivity contribution is 5.93. The quantitative estimate of drug-likeness (QED) is 0.277. The van der Waals surface area contributed by atoms with Crippen LogP contribution >= 0.6 is 0 Å². The Morgan fingerprint density at radius 1 is 0.961 bits per heavy atom. The molecule has 3 saturated carbocycles. The Kier molecular flexibility index (Phi) is 5.79. The standard InChI is InChI=1S/C42H46N4O5/c1-4-38-11-7-16-45-18-15-40(36(38)45)27-19-24(32(47)20-30(27)43-33(40)25(21-38)34(48)50-2)31-23-41-26-9-5-6-10-29(26)44-42(41)14-13-39(22-28(42)35(49)51-3)12-8-17-46(31)37(39)41/h5-12,19-20,28,31,36-37,43-44,47H,4,13-18,21-23H2,1-3H3/t28-,31-,36-,37-,38-,39+,40-,41+,42+/m0/s1. The van der Waals surface area contributed by atoms with Gasteiger partial charge in [0.2, 0.25) is 0 Å². The lowest BCUT2D eigenvalue weighted by Gasteiger charge is -2.67. The van der Waals surface area contributed by atoms with Crippen molar-refractivity contribution in [2.24, 2.45) is 16.7 Å². The third-order valence-corrected chi connectivity index (χ3v) is 15.8. The van der Waals surface area contributed by atoms with Crippen LogP contribution in [-0.2, 0) is 29.9 Å². The van der Waals surface area contributed by atoms with E-state index in [4.69, 9.17) is 9.47 Å². The van der Waals surface area contributed by atoms with Crippen LogP contribution in [0.3, 0.4) is 0 Å². The number of para-hydroxylation sites is 1. The van der Waals surface area contributed by atoms with Gasteiger partial charge in [0.25, 0.3) is 0 Å². The molecule has 9 atom stereocenters. The zero-order valence-electron chi connectivity index (χ0n) is 29.6. The number of esters is 2. The molecule has 2 bridgehead atoms. The fraction of sp³-hybridized carbons (Fsp3) is 0.524. The number of ether oxygens (including phenoxy) is 2. The number of fused-ring (bicyclic) bond motifs is 4. The highest BCUT2D eigenvalue weighted by atomic mass is 16.5. The van der Waals surface area contributed by atoms with Gasteiger partial charge in [-0.25, -0.2) is 4.79 Å². The second kappa shape index (κ2) is 9.66. The number of nitrogens with zero attached hydrogens (tertiary/aromatic N) is 2. The summed E-state index contributed by atoms with van der Waals surface area (Å²) in [6.45, 7) is 4.89. The van der Waals surface area contributed by atoms with Crippen molar-refractivity contribution < 1.29 is 24.2 Å². The molecule has 6 heterocycles. The van der Waals surface area contributed by atoms with Crippen molar-refractivity contribution in [3.05, 3.63) is 88.7 Å². The van der Waals surface area contributed by atoms with Gasteiger partial charge in [-0.05, 0) is 68.2 Å². The highest BCUT2D eigenvalue weighted by Gasteiger charge is 2.80. The molecular formula is C42H46N4O5. The van der Waals surface area contributed by atoms with Crippen LogP contribution < -0.4 is 10.6 Å². The number of carbonyl (C=O) groups excluding carboxylic acids is 2. The molecule has 0 aromatic heterocycles. The van der Waals surface area contributed by atoms with Crippen molar-refractivity contribution in [1.29, 1.82) is 0 Å². The Morgan fingerprint density at radius 3 is 2.63 bits per heavy atom. The first-order chi connectivity index (χ1) is 24.7. The summed E-state index contributed by atoms with van der Waals surface area (Å²) in [7, 11) is 3.01. The maximum Gasteiger partial charge on any atom is 0.335 e. The van der Waals surface area contributed by atoms with Crippen molar-refractivity contribution >= 4 is 23.3 Å². The molecule has 9 nitrogen and oxygen atoms in total. The topological polar surface area (TPSA) is 103 Å². The minimum absolute atomic E-state index is 0.0701. The van der Waals surface area contributed by atoms with Crippen molar-refractivity contribution in [2.75, 3.05) is 44.5 Å². The minimum Gasteiger partial charge on any atom is -0.508 e. The predicted molar refractivity (Wildman–Crippen MR) is 192 cm³/mol. The van der Waals surface area contributed by atoms with E-state index in [-0.39, 0.29) is 58.0 Å². The highest BCUT2D eigenvalue weighted by Crippen LogP contribution is 2.76. The lowest BCUT2D eigenvalue weighted by atomic mass is 9.39. The van der Waals surface area contributed by atoms with Crippen LogP contribution in [-0.4, -0.2) is 78.3 Å². The van der Waals surface area contributed by atoms with E-state index in [1.54, 1.807) is 0 Å². The fourth-order valence-corrected chi connectivity index (χ4v) is 14.2. The summed E-state index contributed by atoms with van der Waals surface area (Å²) in [4.78, 5) is 32.7. The van der Waals surface area contributed by atoms with E-state index in [0.29, 0.717) is 6.42 Å². The number of methoxy groups -OCH3 is 2. The number of hydrogen-bond donors (Lipinski definition) is 3. The molecule has 264 valence electrons. The molecule has 0 radical (unpaired) electrons. The second-order valence-electron chi connectivity index (χ2n) is 17.1. The maximum atomic E-state index is 13.8. The van der Waals surface area contributed by atoms with Gasteiger partial charge < -0.3 is 25.2 Å². The third kappa shape index (κ3) is 3.22. The number of phenols is 1. The molecule has 2 aromatic carbocycles. The van der Waals surface area contributed by atoms with Crippen LogP contribution in [0.5, 0.6) is 5.75 Å². The van der Waals surface area contributed by atoms with Crippen molar-refractivity contribution in [3.63, 3.8) is 0 Å². The van der Waals surface area contributed by atoms with E-state index >= 15 is 0 Å². The first-order valence-electron chi connectivity index (χ1n) is 19.0. The van der Waals surface area contributed by atoms with E-state index in [2.05, 4.69) is 82.0 Å². The largest absolute Gasteiger partial charge is 0.508 e. The lowest BCUT2D eigenvalue weighted by Crippen LogP contribution is -2.76. The number of nitrogens with one attached hydrogen (secondary N) is 2. The molecule has 6 aliphatic heterocycles. The number of carbonyl (C=O) groups is 2. The Balaban J connectivity index is 1.12. The first-order valence-corrected chi connectivity index (χ1v) is 19.0. The molecule has 4 aliphatic carbocycles. The Bertz CT molecular complexity index is 2060. The van der Waals surface area contributed by atoms with Gasteiger partial charge in [0, 0.05) is 82.7 Å². The summed E-state index contributed by atoms with van der Waals surface area (Å²) < 4.78 is 11.0. The van der Waals surface area contributed by atoms with Crippen molar-refractivity contribution in [3.8, 4) is 5.75 Å². The molecule has 3 N–H and O–H groups in total. The van der Waals surface area contributed by atoms with Crippen LogP contribution in [0.25, 0.3) is 0 Å². The first kappa shape index (κ1) is 30.5. The Hall–Kier alpha value is -4.08. The van der Waals surface area contributed by atoms with Gasteiger partial charge in [0.05, 0.1) is 36.7 Å². The number of benzene rings is 2. The van der Waals surface area contributed by atoms with E-state index in [0.717, 1.165) is 86.4 Å². The van der Waals surface area contributed by atoms with Crippen molar-refractivity contribution in [2.45, 2.75) is 86.4 Å². The van der Waals surface area contributed by atoms with E-state index in [9.17, 15) is 14.7 Å². The summed E-state index contributed by atoms with van der Waals surface area (Å²) >= 11 is 0. The second-order valence-corrected chi connectivity index (χ2v) is 17.1. The number of aromatic hydroxyl groups is 1. The molecule has 2 aromatic rings. The van der Waals surface area contributed by atoms with Gasteiger partial charge >= 0.3 is 11.9 Å². The smallest absolute Gasteiger partial charge is 0.335 e. The van der Waals surface area contributed by atoms with Gasteiger partial charge in [0.15, 0.2) is 0 Å². The summed E-state index contributed by atoms with van der Waals surface area (Å²) in [5.41, 5.74) is 5.57. The fourth-order valence-electron chi connectivity index (χ4n) is 14.2. The predicted octanol–water partition coefficient (Wildman–Crippen LogP) is 5.69. The SMILES string of the molecule is CC[C@]12C=CCN3CC[C@]4(C(=C(C(=O)OC)C1)Nc1cc(O)c([C@@H]5C[C@]67c8ccccc8N[C@@]68CC[C@]6(C=CCN5[C@@H]67)C[C@H]8C(=O)OC)cc14)[C@@H]32. The molecule has 12 rings (SSSR count). The molecule has 51 heavy (non-hydrogen) atoms. The van der Waals surface area contributed by atoms with E-state index < -0.39 is 11.0 Å². The molecule has 2 saturated heterocycles. The third-order valence-electron chi connectivity index (χ3n) is 15.8. The Morgan fingerprint density at radius 2 is 1.80 bits per heavy atom. The van der Waals surface area contributed by atoms with Crippen LogP contribution in [0.4, 0.5) is 11.4 Å². The number of phenolic OH excluding ortho intramolecular Hbond substituents is 1. The molecular weight excluding hydrogens is 640 g/mol. The molecule has 10 aliphatic rings. The van der Waals surface area contributed by atoms with E-state index in [1.165, 1.54) is 25.3 Å². The van der Waals surface area contributed by atoms with E-state index in [1.807, 2.05) is 6.07 Å². The number of anilines is 2. The maximum absolute atomic E-state index is 13.8. The summed E-state index contributed by atoms with van der Waals surface area (Å²) in [6.07, 6.45) is 15.3. The van der Waals surface area contributed by atoms with Gasteiger partial charge in [0.1, 0.15) is 5.75 Å². The summed E-state index contributed by atoms with van der Waals surface area (Å²) in [6, 6.07) is 13.3. The van der Waals surface area contributed by atoms with Crippen LogP contribution in [0.2, 0.25) is 0 Å². The number of rotatable bonds is 4. The molecule has 5 fully saturated rings. The molecule has 0 amide bonds. The van der Waals surface area contributed by atoms with Crippen molar-refractivity contribution in [1.82, 2.24) is 9.80 Å². The summed E-state index contributed by atoms with van der Waals surface area (Å²) in [5.74, 6) is -0.393. The van der Waals surface area contributed by atoms with Gasteiger partial charge in [-0.3, -0.25) is 14.6 Å². The summed E-state index contributed by atoms with van der Waals surface area (Å²) in [5, 5.41) is 19.9. The average Bonchev–Trinajstić information content (AvgIpc) is 3.90. The van der Waals surface area contributed by atoms with Gasteiger partial charge in [-0.15, -0.1) is 0 Å².